The van der Waals surface area contributed by atoms with Crippen LogP contribution in [-0.4, -0.2) is 21.1 Å². The van der Waals surface area contributed by atoms with Crippen LogP contribution in [0, 0.1) is 0 Å². The molecule has 0 amide bonds. The predicted octanol–water partition coefficient (Wildman–Crippen LogP) is 2.43. The van der Waals surface area contributed by atoms with Gasteiger partial charge in [-0.15, -0.1) is 0 Å². The van der Waals surface area contributed by atoms with E-state index in [9.17, 15) is 0 Å². The van der Waals surface area contributed by atoms with E-state index in [4.69, 9.17) is 11.6 Å². The molecule has 0 aromatic carbocycles. The first-order valence-corrected chi connectivity index (χ1v) is 5.54. The third kappa shape index (κ3) is 2.97. The first-order chi connectivity index (χ1) is 7.86. The van der Waals surface area contributed by atoms with E-state index in [-0.39, 0.29) is 0 Å². The van der Waals surface area contributed by atoms with Crippen molar-refractivity contribution in [2.75, 3.05) is 11.9 Å². The van der Waals surface area contributed by atoms with Crippen LogP contribution in [0.4, 0.5) is 5.82 Å². The Morgan fingerprint density at radius 3 is 3.06 bits per heavy atom. The molecule has 2 aromatic heterocycles. The Labute approximate surface area is 99.3 Å². The lowest BCUT2D eigenvalue weighted by atomic mass is 10.4. The van der Waals surface area contributed by atoms with Crippen LogP contribution < -0.4 is 5.32 Å². The molecule has 4 nitrogen and oxygen atoms in total. The molecule has 2 rings (SSSR count). The lowest BCUT2D eigenvalue weighted by Gasteiger charge is -2.06. The summed E-state index contributed by atoms with van der Waals surface area (Å²) in [5.41, 5.74) is 0. The van der Waals surface area contributed by atoms with E-state index in [1.54, 1.807) is 12.4 Å². The summed E-state index contributed by atoms with van der Waals surface area (Å²) in [6, 6.07) is 3.64. The molecule has 16 heavy (non-hydrogen) atoms. The molecular weight excluding hydrogens is 224 g/mol. The van der Waals surface area contributed by atoms with Crippen molar-refractivity contribution in [1.82, 2.24) is 14.5 Å². The Bertz CT molecular complexity index is 427. The summed E-state index contributed by atoms with van der Waals surface area (Å²) in [5.74, 6) is 0.745. The summed E-state index contributed by atoms with van der Waals surface area (Å²) < 4.78 is 2.04. The molecule has 5 heteroatoms. The topological polar surface area (TPSA) is 42.7 Å². The highest BCUT2D eigenvalue weighted by Gasteiger charge is 1.98. The number of nitrogens with one attached hydrogen (secondary N) is 1. The van der Waals surface area contributed by atoms with Gasteiger partial charge in [-0.1, -0.05) is 11.6 Å². The fourth-order valence-electron chi connectivity index (χ4n) is 1.40. The maximum Gasteiger partial charge on any atom is 0.144 e. The van der Waals surface area contributed by atoms with Gasteiger partial charge in [-0.05, 0) is 18.6 Å². The summed E-state index contributed by atoms with van der Waals surface area (Å²) in [6.45, 7) is 1.78. The number of aryl methyl sites for hydroxylation is 1. The van der Waals surface area contributed by atoms with Gasteiger partial charge < -0.3 is 9.88 Å². The highest BCUT2D eigenvalue weighted by Crippen LogP contribution is 2.16. The summed E-state index contributed by atoms with van der Waals surface area (Å²) in [4.78, 5) is 8.13. The van der Waals surface area contributed by atoms with Crippen LogP contribution in [-0.2, 0) is 6.54 Å². The molecule has 2 heterocycles. The molecule has 0 bridgehead atoms. The third-order valence-electron chi connectivity index (χ3n) is 2.20. The van der Waals surface area contributed by atoms with Crippen molar-refractivity contribution in [3.8, 4) is 0 Å². The maximum absolute atomic E-state index is 5.96. The number of hydrogen-bond donors (Lipinski definition) is 1. The fraction of sp³-hybridized carbons (Fsp3) is 0.273. The molecule has 0 atom stereocenters. The molecule has 0 fully saturated rings. The van der Waals surface area contributed by atoms with E-state index in [0.717, 1.165) is 25.3 Å². The largest absolute Gasteiger partial charge is 0.369 e. The Kier molecular flexibility index (Phi) is 3.77. The van der Waals surface area contributed by atoms with Crippen molar-refractivity contribution < 1.29 is 0 Å². The van der Waals surface area contributed by atoms with E-state index in [2.05, 4.69) is 15.3 Å². The molecule has 1 N–H and O–H groups in total. The van der Waals surface area contributed by atoms with Crippen molar-refractivity contribution in [1.29, 1.82) is 0 Å². The quantitative estimate of drug-likeness (QED) is 0.811. The smallest absolute Gasteiger partial charge is 0.144 e. The molecule has 0 aliphatic rings. The number of rotatable bonds is 5. The van der Waals surface area contributed by atoms with E-state index in [1.807, 2.05) is 29.2 Å². The van der Waals surface area contributed by atoms with Gasteiger partial charge in [-0.3, -0.25) is 0 Å². The van der Waals surface area contributed by atoms with E-state index in [0.29, 0.717) is 5.02 Å². The van der Waals surface area contributed by atoms with Crippen molar-refractivity contribution in [2.45, 2.75) is 13.0 Å². The van der Waals surface area contributed by atoms with Gasteiger partial charge in [0.05, 0.1) is 11.3 Å². The van der Waals surface area contributed by atoms with Gasteiger partial charge in [-0.2, -0.15) is 0 Å². The van der Waals surface area contributed by atoms with Crippen molar-refractivity contribution >= 4 is 17.4 Å². The molecule has 0 aliphatic carbocycles. The first kappa shape index (κ1) is 11.0. The first-order valence-electron chi connectivity index (χ1n) is 5.16. The van der Waals surface area contributed by atoms with Crippen molar-refractivity contribution in [2.24, 2.45) is 0 Å². The van der Waals surface area contributed by atoms with Crippen LogP contribution in [0.3, 0.4) is 0 Å². The SMILES string of the molecule is Clc1cccnc1NCCCn1ccnc1. The monoisotopic (exact) mass is 236 g/mol. The predicted molar refractivity (Wildman–Crippen MR) is 64.6 cm³/mol. The average molecular weight is 237 g/mol. The fourth-order valence-corrected chi connectivity index (χ4v) is 1.59. The minimum Gasteiger partial charge on any atom is -0.369 e. The van der Waals surface area contributed by atoms with Gasteiger partial charge in [0.25, 0.3) is 0 Å². The van der Waals surface area contributed by atoms with Crippen LogP contribution in [0.5, 0.6) is 0 Å². The summed E-state index contributed by atoms with van der Waals surface area (Å²) in [7, 11) is 0. The van der Waals surface area contributed by atoms with Gasteiger partial charge in [0.2, 0.25) is 0 Å². The van der Waals surface area contributed by atoms with Crippen LogP contribution in [0.2, 0.25) is 5.02 Å². The second-order valence-corrected chi connectivity index (χ2v) is 3.82. The van der Waals surface area contributed by atoms with Gasteiger partial charge in [0.1, 0.15) is 5.82 Å². The second-order valence-electron chi connectivity index (χ2n) is 3.41. The lowest BCUT2D eigenvalue weighted by molar-refractivity contribution is 0.660. The number of hydrogen-bond acceptors (Lipinski definition) is 3. The van der Waals surface area contributed by atoms with Crippen LogP contribution in [0.15, 0.2) is 37.1 Å². The highest BCUT2D eigenvalue weighted by molar-refractivity contribution is 6.32. The Balaban J connectivity index is 1.74. The van der Waals surface area contributed by atoms with Gasteiger partial charge in [0.15, 0.2) is 0 Å². The van der Waals surface area contributed by atoms with E-state index < -0.39 is 0 Å². The minimum absolute atomic E-state index is 0.658. The highest BCUT2D eigenvalue weighted by atomic mass is 35.5. The maximum atomic E-state index is 5.96. The van der Waals surface area contributed by atoms with E-state index >= 15 is 0 Å². The number of pyridine rings is 1. The summed E-state index contributed by atoms with van der Waals surface area (Å²) in [6.07, 6.45) is 8.28. The lowest BCUT2D eigenvalue weighted by Crippen LogP contribution is -2.07. The van der Waals surface area contributed by atoms with Crippen molar-refractivity contribution in [3.63, 3.8) is 0 Å². The van der Waals surface area contributed by atoms with Gasteiger partial charge >= 0.3 is 0 Å². The van der Waals surface area contributed by atoms with Gasteiger partial charge in [0, 0.05) is 31.7 Å². The molecule has 0 aliphatic heterocycles. The normalized spacial score (nSPS) is 10.3. The zero-order chi connectivity index (χ0) is 11.2. The average Bonchev–Trinajstić information content (AvgIpc) is 2.79. The van der Waals surface area contributed by atoms with Crippen LogP contribution >= 0.6 is 11.6 Å². The molecule has 0 unspecified atom stereocenters. The number of nitrogens with zero attached hydrogens (tertiary/aromatic N) is 3. The van der Waals surface area contributed by atoms with E-state index in [1.165, 1.54) is 0 Å². The Morgan fingerprint density at radius 2 is 2.31 bits per heavy atom. The zero-order valence-corrected chi connectivity index (χ0v) is 9.56. The summed E-state index contributed by atoms with van der Waals surface area (Å²) >= 11 is 5.96. The van der Waals surface area contributed by atoms with Gasteiger partial charge in [-0.25, -0.2) is 9.97 Å². The Morgan fingerprint density at radius 1 is 1.38 bits per heavy atom. The molecule has 0 saturated heterocycles. The number of anilines is 1. The molecule has 0 spiro atoms. The molecule has 2 aromatic rings. The Hall–Kier alpha value is -1.55. The number of imidazole rings is 1. The molecule has 0 radical (unpaired) electrons. The van der Waals surface area contributed by atoms with Crippen molar-refractivity contribution in [3.05, 3.63) is 42.1 Å². The minimum atomic E-state index is 0.658. The molecule has 0 saturated carbocycles. The van der Waals surface area contributed by atoms with Crippen LogP contribution in [0.1, 0.15) is 6.42 Å². The molecule has 84 valence electrons. The standard InChI is InChI=1S/C11H13ClN4/c12-10-3-1-4-14-11(10)15-5-2-7-16-8-6-13-9-16/h1,3-4,6,8-9H,2,5,7H2,(H,14,15). The summed E-state index contributed by atoms with van der Waals surface area (Å²) in [5, 5.41) is 3.86. The second kappa shape index (κ2) is 5.51. The number of aromatic nitrogens is 3. The van der Waals surface area contributed by atoms with Crippen LogP contribution in [0.25, 0.3) is 0 Å². The molecular formula is C11H13ClN4. The zero-order valence-electron chi connectivity index (χ0n) is 8.81. The number of halogens is 1. The third-order valence-corrected chi connectivity index (χ3v) is 2.51.